The van der Waals surface area contributed by atoms with Crippen molar-refractivity contribution in [3.63, 3.8) is 0 Å². The van der Waals surface area contributed by atoms with Crippen LogP contribution in [0.3, 0.4) is 0 Å². The Bertz CT molecular complexity index is 255. The van der Waals surface area contributed by atoms with E-state index in [9.17, 15) is 26.0 Å². The van der Waals surface area contributed by atoms with Gasteiger partial charge in [0.25, 0.3) is 0 Å². The first kappa shape index (κ1) is 12.6. The summed E-state index contributed by atoms with van der Waals surface area (Å²) in [6, 6.07) is 0. The molecule has 0 heterocycles. The number of hydrogen-bond donors (Lipinski definition) is 0. The molecule has 0 amide bonds. The number of alkyl halides is 4. The molecule has 0 saturated heterocycles. The van der Waals surface area contributed by atoms with Gasteiger partial charge in [0, 0.05) is 5.92 Å². The lowest BCUT2D eigenvalue weighted by molar-refractivity contribution is -0.0694. The van der Waals surface area contributed by atoms with E-state index in [1.54, 1.807) is 0 Å². The first-order chi connectivity index (χ1) is 5.58. The van der Waals surface area contributed by atoms with Gasteiger partial charge in [-0.3, -0.25) is 0 Å². The molecule has 0 aliphatic rings. The summed E-state index contributed by atoms with van der Waals surface area (Å²) in [7, 11) is -5.82. The van der Waals surface area contributed by atoms with Gasteiger partial charge in [0.1, 0.15) is 0 Å². The molecule has 1 atom stereocenters. The minimum atomic E-state index is -5.82. The summed E-state index contributed by atoms with van der Waals surface area (Å²) in [5, 5.41) is 0. The van der Waals surface area contributed by atoms with E-state index in [0.29, 0.717) is 0 Å². The van der Waals surface area contributed by atoms with Crippen molar-refractivity contribution in [2.45, 2.75) is 25.7 Å². The molecule has 0 aromatic carbocycles. The number of hydrogen-bond acceptors (Lipinski definition) is 3. The number of rotatable bonds is 3. The van der Waals surface area contributed by atoms with Crippen molar-refractivity contribution in [3.8, 4) is 0 Å². The third-order valence-corrected chi connectivity index (χ3v) is 2.03. The van der Waals surface area contributed by atoms with Gasteiger partial charge in [-0.1, -0.05) is 13.8 Å². The quantitative estimate of drug-likeness (QED) is 0.417. The van der Waals surface area contributed by atoms with Crippen LogP contribution in [0.2, 0.25) is 0 Å². The Morgan fingerprint density at radius 1 is 1.23 bits per heavy atom. The molecule has 0 aromatic rings. The molecule has 0 radical (unpaired) electrons. The van der Waals surface area contributed by atoms with Crippen LogP contribution in [0, 0.1) is 5.92 Å². The van der Waals surface area contributed by atoms with Crippen molar-refractivity contribution in [2.75, 3.05) is 0 Å². The first-order valence-electron chi connectivity index (χ1n) is 3.21. The van der Waals surface area contributed by atoms with Gasteiger partial charge in [-0.2, -0.15) is 21.6 Å². The molecule has 0 N–H and O–H groups in total. The van der Waals surface area contributed by atoms with E-state index in [4.69, 9.17) is 0 Å². The maximum Gasteiger partial charge on any atom is 0.523 e. The fourth-order valence-corrected chi connectivity index (χ4v) is 0.860. The van der Waals surface area contributed by atoms with Crippen LogP contribution >= 0.6 is 0 Å². The predicted molar refractivity (Wildman–Crippen MR) is 35.8 cm³/mol. The minimum Gasteiger partial charge on any atom is -0.226 e. The molecule has 8 heteroatoms. The SMILES string of the molecule is CC(C)C(F)OS(=O)(=O)C(F)(F)F. The van der Waals surface area contributed by atoms with Crippen LogP contribution < -0.4 is 0 Å². The average Bonchev–Trinajstić information content (AvgIpc) is 1.83. The lowest BCUT2D eigenvalue weighted by atomic mass is 10.2. The predicted octanol–water partition coefficient (Wildman–Crippen LogP) is 1.80. The molecule has 0 fully saturated rings. The third kappa shape index (κ3) is 3.47. The van der Waals surface area contributed by atoms with Gasteiger partial charge in [0.15, 0.2) is 0 Å². The Hall–Kier alpha value is -0.370. The van der Waals surface area contributed by atoms with E-state index in [2.05, 4.69) is 4.18 Å². The highest BCUT2D eigenvalue weighted by Gasteiger charge is 2.49. The second-order valence-corrected chi connectivity index (χ2v) is 4.15. The summed E-state index contributed by atoms with van der Waals surface area (Å²) < 4.78 is 70.8. The monoisotopic (exact) mass is 224 g/mol. The normalized spacial score (nSPS) is 16.2. The van der Waals surface area contributed by atoms with Crippen LogP contribution in [0.5, 0.6) is 0 Å². The summed E-state index contributed by atoms with van der Waals surface area (Å²) in [5.41, 5.74) is -5.58. The third-order valence-electron chi connectivity index (χ3n) is 1.03. The molecule has 80 valence electrons. The molecule has 1 unspecified atom stereocenters. The Kier molecular flexibility index (Phi) is 3.68. The van der Waals surface area contributed by atoms with Crippen molar-refractivity contribution >= 4 is 10.1 Å². The molecule has 0 bridgehead atoms. The standard InChI is InChI=1S/C5H8F4O3S/c1-3(2)4(6)12-13(10,11)5(7,8)9/h3-4H,1-2H3. The zero-order valence-electron chi connectivity index (χ0n) is 6.80. The molecule has 0 spiro atoms. The van der Waals surface area contributed by atoms with E-state index >= 15 is 0 Å². The summed E-state index contributed by atoms with van der Waals surface area (Å²) in [6.45, 7) is 2.38. The zero-order chi connectivity index (χ0) is 10.9. The van der Waals surface area contributed by atoms with Crippen molar-refractivity contribution < 1.29 is 30.2 Å². The second kappa shape index (κ2) is 3.79. The van der Waals surface area contributed by atoms with E-state index in [1.165, 1.54) is 13.8 Å². The lowest BCUT2D eigenvalue weighted by Gasteiger charge is -2.13. The van der Waals surface area contributed by atoms with Crippen molar-refractivity contribution in [1.82, 2.24) is 0 Å². The van der Waals surface area contributed by atoms with Crippen molar-refractivity contribution in [2.24, 2.45) is 5.92 Å². The maximum atomic E-state index is 12.5. The molecule has 13 heavy (non-hydrogen) atoms. The van der Waals surface area contributed by atoms with E-state index in [0.717, 1.165) is 0 Å². The summed E-state index contributed by atoms with van der Waals surface area (Å²) in [4.78, 5) is 0. The summed E-state index contributed by atoms with van der Waals surface area (Å²) >= 11 is 0. The average molecular weight is 224 g/mol. The molecule has 0 aliphatic carbocycles. The Morgan fingerprint density at radius 2 is 1.62 bits per heavy atom. The summed E-state index contributed by atoms with van der Waals surface area (Å²) in [5.74, 6) is -0.961. The highest BCUT2D eigenvalue weighted by molar-refractivity contribution is 7.87. The van der Waals surface area contributed by atoms with Gasteiger partial charge < -0.3 is 0 Å². The van der Waals surface area contributed by atoms with Gasteiger partial charge in [0.05, 0.1) is 0 Å². The fourth-order valence-electron chi connectivity index (χ4n) is 0.287. The van der Waals surface area contributed by atoms with Gasteiger partial charge in [0.2, 0.25) is 6.36 Å². The molecule has 3 nitrogen and oxygen atoms in total. The minimum absolute atomic E-state index is 0.961. The highest BCUT2D eigenvalue weighted by atomic mass is 32.2. The topological polar surface area (TPSA) is 43.4 Å². The zero-order valence-corrected chi connectivity index (χ0v) is 7.62. The van der Waals surface area contributed by atoms with Crippen LogP contribution in [-0.2, 0) is 14.3 Å². The number of halogens is 4. The van der Waals surface area contributed by atoms with Crippen LogP contribution in [0.15, 0.2) is 0 Å². The first-order valence-corrected chi connectivity index (χ1v) is 4.62. The van der Waals surface area contributed by atoms with Gasteiger partial charge in [-0.15, -0.1) is 0 Å². The van der Waals surface area contributed by atoms with Crippen LogP contribution in [0.1, 0.15) is 13.8 Å². The smallest absolute Gasteiger partial charge is 0.226 e. The second-order valence-electron chi connectivity index (χ2n) is 2.59. The van der Waals surface area contributed by atoms with Gasteiger partial charge >= 0.3 is 15.6 Å². The molecule has 0 aliphatic heterocycles. The van der Waals surface area contributed by atoms with Crippen molar-refractivity contribution in [3.05, 3.63) is 0 Å². The molecular weight excluding hydrogens is 216 g/mol. The van der Waals surface area contributed by atoms with E-state index in [-0.39, 0.29) is 0 Å². The van der Waals surface area contributed by atoms with E-state index in [1.807, 2.05) is 0 Å². The fraction of sp³-hybridized carbons (Fsp3) is 1.00. The highest BCUT2D eigenvalue weighted by Crippen LogP contribution is 2.27. The largest absolute Gasteiger partial charge is 0.523 e. The Labute approximate surface area is 72.8 Å². The van der Waals surface area contributed by atoms with Gasteiger partial charge in [-0.25, -0.2) is 8.57 Å². The molecule has 0 rings (SSSR count). The van der Waals surface area contributed by atoms with Gasteiger partial charge in [-0.05, 0) is 0 Å². The van der Waals surface area contributed by atoms with E-state index < -0.39 is 27.9 Å². The Balaban J connectivity index is 4.55. The van der Waals surface area contributed by atoms with Crippen LogP contribution in [0.4, 0.5) is 17.6 Å². The van der Waals surface area contributed by atoms with Crippen LogP contribution in [0.25, 0.3) is 0 Å². The Morgan fingerprint density at radius 3 is 1.85 bits per heavy atom. The molecule has 0 aromatic heterocycles. The lowest BCUT2D eigenvalue weighted by Crippen LogP contribution is -2.30. The maximum absolute atomic E-state index is 12.5. The van der Waals surface area contributed by atoms with Crippen molar-refractivity contribution in [1.29, 1.82) is 0 Å². The molecule has 0 saturated carbocycles. The summed E-state index contributed by atoms with van der Waals surface area (Å²) in [6.07, 6.45) is -2.48. The molecular formula is C5H8F4O3S. The van der Waals surface area contributed by atoms with Crippen LogP contribution in [-0.4, -0.2) is 20.3 Å².